The number of carbonyl (C=O) groups is 2. The van der Waals surface area contributed by atoms with Crippen molar-refractivity contribution in [2.75, 3.05) is 19.8 Å². The van der Waals surface area contributed by atoms with Gasteiger partial charge >= 0.3 is 12.1 Å². The molecule has 0 aromatic carbocycles. The van der Waals surface area contributed by atoms with Gasteiger partial charge in [-0.3, -0.25) is 4.90 Å². The Labute approximate surface area is 107 Å². The molecule has 1 rings (SSSR count). The van der Waals surface area contributed by atoms with Gasteiger partial charge in [0.05, 0.1) is 13.2 Å². The first-order valence-electron chi connectivity index (χ1n) is 6.18. The van der Waals surface area contributed by atoms with Crippen molar-refractivity contribution in [3.8, 4) is 0 Å². The van der Waals surface area contributed by atoms with Crippen molar-refractivity contribution < 1.29 is 19.1 Å². The summed E-state index contributed by atoms with van der Waals surface area (Å²) in [5.74, 6) is -0.409. The summed E-state index contributed by atoms with van der Waals surface area (Å²) < 4.78 is 9.75. The Morgan fingerprint density at radius 1 is 1.33 bits per heavy atom. The van der Waals surface area contributed by atoms with E-state index in [1.54, 1.807) is 19.9 Å². The summed E-state index contributed by atoms with van der Waals surface area (Å²) in [6, 6.07) is 0. The van der Waals surface area contributed by atoms with Crippen molar-refractivity contribution in [3.63, 3.8) is 0 Å². The van der Waals surface area contributed by atoms with Crippen LogP contribution < -0.4 is 0 Å². The van der Waals surface area contributed by atoms with E-state index in [0.29, 0.717) is 25.5 Å². The molecule has 0 bridgehead atoms. The molecule has 0 atom stereocenters. The molecule has 100 valence electrons. The van der Waals surface area contributed by atoms with Gasteiger partial charge in [0.1, 0.15) is 0 Å². The van der Waals surface area contributed by atoms with E-state index >= 15 is 0 Å². The van der Waals surface area contributed by atoms with E-state index in [1.165, 1.54) is 11.0 Å². The van der Waals surface area contributed by atoms with E-state index in [0.717, 1.165) is 12.8 Å². The van der Waals surface area contributed by atoms with Gasteiger partial charge in [0.15, 0.2) is 0 Å². The van der Waals surface area contributed by atoms with E-state index < -0.39 is 5.97 Å². The summed E-state index contributed by atoms with van der Waals surface area (Å²) in [5, 5.41) is 0. The number of allylic oxidation sites excluding steroid dienone is 2. The summed E-state index contributed by atoms with van der Waals surface area (Å²) in [4.78, 5) is 24.4. The Morgan fingerprint density at radius 3 is 2.72 bits per heavy atom. The fourth-order valence-electron chi connectivity index (χ4n) is 1.64. The van der Waals surface area contributed by atoms with Crippen LogP contribution in [0.5, 0.6) is 0 Å². The van der Waals surface area contributed by atoms with Crippen molar-refractivity contribution in [2.45, 2.75) is 26.7 Å². The summed E-state index contributed by atoms with van der Waals surface area (Å²) >= 11 is 0. The van der Waals surface area contributed by atoms with Crippen LogP contribution in [0, 0.1) is 0 Å². The summed E-state index contributed by atoms with van der Waals surface area (Å²) in [7, 11) is 0. The van der Waals surface area contributed by atoms with Crippen LogP contribution in [0.15, 0.2) is 23.9 Å². The Bertz CT molecular complexity index is 360. The minimum atomic E-state index is -0.409. The first-order chi connectivity index (χ1) is 8.69. The van der Waals surface area contributed by atoms with Crippen LogP contribution in [0.25, 0.3) is 0 Å². The molecule has 0 saturated heterocycles. The number of hydrogen-bond acceptors (Lipinski definition) is 4. The predicted molar refractivity (Wildman–Crippen MR) is 66.8 cm³/mol. The molecule has 1 aliphatic rings. The third kappa shape index (κ3) is 4.24. The van der Waals surface area contributed by atoms with Crippen LogP contribution in [0.3, 0.4) is 0 Å². The lowest BCUT2D eigenvalue weighted by Crippen LogP contribution is -2.33. The zero-order valence-corrected chi connectivity index (χ0v) is 10.8. The van der Waals surface area contributed by atoms with Gasteiger partial charge in [-0.1, -0.05) is 6.08 Å². The molecule has 0 radical (unpaired) electrons. The van der Waals surface area contributed by atoms with Crippen molar-refractivity contribution in [1.82, 2.24) is 4.90 Å². The quantitative estimate of drug-likeness (QED) is 0.569. The normalized spacial score (nSPS) is 15.4. The highest BCUT2D eigenvalue weighted by Crippen LogP contribution is 2.17. The Morgan fingerprint density at radius 2 is 2.06 bits per heavy atom. The number of rotatable bonds is 4. The maximum Gasteiger partial charge on any atom is 0.414 e. The molecule has 0 unspecified atom stereocenters. The fourth-order valence-corrected chi connectivity index (χ4v) is 1.64. The maximum atomic E-state index is 11.7. The Hall–Kier alpha value is -1.78. The first-order valence-corrected chi connectivity index (χ1v) is 6.18. The largest absolute Gasteiger partial charge is 0.463 e. The molecule has 5 heteroatoms. The molecular formula is C13H19NO4. The van der Waals surface area contributed by atoms with Crippen LogP contribution in [-0.2, 0) is 14.3 Å². The molecular weight excluding hydrogens is 234 g/mol. The third-order valence-corrected chi connectivity index (χ3v) is 2.42. The van der Waals surface area contributed by atoms with Gasteiger partial charge in [-0.2, -0.15) is 0 Å². The molecule has 0 aromatic rings. The summed E-state index contributed by atoms with van der Waals surface area (Å²) in [6.07, 6.45) is 6.24. The number of hydrogen-bond donors (Lipinski definition) is 0. The van der Waals surface area contributed by atoms with E-state index in [-0.39, 0.29) is 6.09 Å². The van der Waals surface area contributed by atoms with Gasteiger partial charge in [0.2, 0.25) is 0 Å². The lowest BCUT2D eigenvalue weighted by atomic mass is 10.1. The molecule has 0 saturated carbocycles. The van der Waals surface area contributed by atoms with E-state index in [9.17, 15) is 9.59 Å². The van der Waals surface area contributed by atoms with Crippen molar-refractivity contribution >= 4 is 12.1 Å². The zero-order valence-electron chi connectivity index (χ0n) is 10.8. The maximum absolute atomic E-state index is 11.7. The number of esters is 1. The minimum Gasteiger partial charge on any atom is -0.463 e. The van der Waals surface area contributed by atoms with Crippen LogP contribution >= 0.6 is 0 Å². The standard InChI is InChI=1S/C13H19NO4/c1-3-17-12(15)9-8-11-7-5-6-10-14(11)13(16)18-4-2/h7-9H,3-6,10H2,1-2H3. The van der Waals surface area contributed by atoms with Crippen LogP contribution in [0.2, 0.25) is 0 Å². The van der Waals surface area contributed by atoms with Crippen LogP contribution in [0.4, 0.5) is 4.79 Å². The molecule has 5 nitrogen and oxygen atoms in total. The van der Waals surface area contributed by atoms with Crippen LogP contribution in [-0.4, -0.2) is 36.7 Å². The second kappa shape index (κ2) is 7.53. The average molecular weight is 253 g/mol. The molecule has 0 aliphatic carbocycles. The van der Waals surface area contributed by atoms with E-state index in [1.807, 2.05) is 6.08 Å². The molecule has 1 aliphatic heterocycles. The van der Waals surface area contributed by atoms with Gasteiger partial charge in [-0.05, 0) is 32.8 Å². The average Bonchev–Trinajstić information content (AvgIpc) is 2.37. The molecule has 1 heterocycles. The summed E-state index contributed by atoms with van der Waals surface area (Å²) in [5.41, 5.74) is 0.688. The van der Waals surface area contributed by atoms with Gasteiger partial charge < -0.3 is 9.47 Å². The molecule has 0 N–H and O–H groups in total. The van der Waals surface area contributed by atoms with Gasteiger partial charge in [0, 0.05) is 18.3 Å². The predicted octanol–water partition coefficient (Wildman–Crippen LogP) is 2.24. The molecule has 0 aromatic heterocycles. The second-order valence-corrected chi connectivity index (χ2v) is 3.71. The van der Waals surface area contributed by atoms with Crippen molar-refractivity contribution in [1.29, 1.82) is 0 Å². The van der Waals surface area contributed by atoms with E-state index in [4.69, 9.17) is 9.47 Å². The number of ether oxygens (including phenoxy) is 2. The Balaban J connectivity index is 2.68. The second-order valence-electron chi connectivity index (χ2n) is 3.71. The van der Waals surface area contributed by atoms with Crippen LogP contribution in [0.1, 0.15) is 26.7 Å². The lowest BCUT2D eigenvalue weighted by molar-refractivity contribution is -0.137. The van der Waals surface area contributed by atoms with Gasteiger partial charge in [-0.25, -0.2) is 9.59 Å². The highest BCUT2D eigenvalue weighted by Gasteiger charge is 2.19. The highest BCUT2D eigenvalue weighted by atomic mass is 16.6. The number of carbonyl (C=O) groups excluding carboxylic acids is 2. The topological polar surface area (TPSA) is 55.8 Å². The monoisotopic (exact) mass is 253 g/mol. The zero-order chi connectivity index (χ0) is 13.4. The molecule has 0 fully saturated rings. The smallest absolute Gasteiger partial charge is 0.414 e. The third-order valence-electron chi connectivity index (χ3n) is 2.42. The lowest BCUT2D eigenvalue weighted by Gasteiger charge is -2.25. The van der Waals surface area contributed by atoms with Gasteiger partial charge in [0.25, 0.3) is 0 Å². The van der Waals surface area contributed by atoms with E-state index in [2.05, 4.69) is 0 Å². The van der Waals surface area contributed by atoms with Gasteiger partial charge in [-0.15, -0.1) is 0 Å². The van der Waals surface area contributed by atoms with Crippen molar-refractivity contribution in [3.05, 3.63) is 23.9 Å². The highest BCUT2D eigenvalue weighted by molar-refractivity contribution is 5.83. The summed E-state index contributed by atoms with van der Waals surface area (Å²) in [6.45, 7) is 4.79. The minimum absolute atomic E-state index is 0.337. The number of amides is 1. The first kappa shape index (κ1) is 14.3. The molecule has 1 amide bonds. The number of nitrogens with zero attached hydrogens (tertiary/aromatic N) is 1. The SMILES string of the molecule is CCOC(=O)C=CC1=CCCCN1C(=O)OCC. The molecule has 18 heavy (non-hydrogen) atoms. The fraction of sp³-hybridized carbons (Fsp3) is 0.538. The molecule has 0 spiro atoms. The van der Waals surface area contributed by atoms with Crippen molar-refractivity contribution in [2.24, 2.45) is 0 Å². The Kier molecular flexibility index (Phi) is 5.97.